The summed E-state index contributed by atoms with van der Waals surface area (Å²) in [5.74, 6) is 0. The molecule has 0 amide bonds. The van der Waals surface area contributed by atoms with E-state index in [1.807, 2.05) is 0 Å². The summed E-state index contributed by atoms with van der Waals surface area (Å²) in [5.41, 5.74) is 0. The van der Waals surface area contributed by atoms with Gasteiger partial charge in [-0.15, -0.1) is 0 Å². The van der Waals surface area contributed by atoms with Crippen molar-refractivity contribution in [3.05, 3.63) is 0 Å². The van der Waals surface area contributed by atoms with E-state index in [1.54, 1.807) is 13.8 Å². The fourth-order valence-corrected chi connectivity index (χ4v) is 1.96. The van der Waals surface area contributed by atoms with Crippen molar-refractivity contribution in [2.75, 3.05) is 0 Å². The lowest BCUT2D eigenvalue weighted by Crippen LogP contribution is -2.13. The summed E-state index contributed by atoms with van der Waals surface area (Å²) in [5, 5.41) is 37.5. The predicted molar refractivity (Wildman–Crippen MR) is 72.3 cm³/mol. The molecule has 18 heavy (non-hydrogen) atoms. The van der Waals surface area contributed by atoms with Crippen LogP contribution in [0.15, 0.2) is 0 Å². The molecule has 4 heteroatoms. The average Bonchev–Trinajstić information content (AvgIpc) is 2.25. The quantitative estimate of drug-likeness (QED) is 0.456. The van der Waals surface area contributed by atoms with E-state index < -0.39 is 0 Å². The molecule has 0 fully saturated rings. The van der Waals surface area contributed by atoms with Crippen molar-refractivity contribution in [1.82, 2.24) is 0 Å². The molecule has 0 aromatic carbocycles. The Morgan fingerprint density at radius 1 is 0.556 bits per heavy atom. The standard InChI is InChI=1S/C14H30O4/c1-11(15)5-3-6-13(17)7-4-8-14(18)10-9-12(2)16/h11-18H,3-10H2,1-2H3. The summed E-state index contributed by atoms with van der Waals surface area (Å²) in [6, 6.07) is 0. The van der Waals surface area contributed by atoms with Crippen molar-refractivity contribution in [1.29, 1.82) is 0 Å². The van der Waals surface area contributed by atoms with Crippen LogP contribution >= 0.6 is 0 Å². The maximum Gasteiger partial charge on any atom is 0.0541 e. The highest BCUT2D eigenvalue weighted by Crippen LogP contribution is 2.13. The second-order valence-corrected chi connectivity index (χ2v) is 5.44. The Kier molecular flexibility index (Phi) is 10.6. The van der Waals surface area contributed by atoms with Crippen molar-refractivity contribution in [3.63, 3.8) is 0 Å². The van der Waals surface area contributed by atoms with Crippen LogP contribution in [-0.2, 0) is 0 Å². The Morgan fingerprint density at radius 2 is 0.944 bits per heavy atom. The third-order valence-corrected chi connectivity index (χ3v) is 3.15. The molecule has 0 aliphatic rings. The zero-order chi connectivity index (χ0) is 14.0. The number of aliphatic hydroxyl groups excluding tert-OH is 4. The van der Waals surface area contributed by atoms with Gasteiger partial charge in [-0.2, -0.15) is 0 Å². The van der Waals surface area contributed by atoms with Gasteiger partial charge in [-0.05, 0) is 65.2 Å². The lowest BCUT2D eigenvalue weighted by atomic mass is 10.0. The van der Waals surface area contributed by atoms with E-state index in [2.05, 4.69) is 0 Å². The Morgan fingerprint density at radius 3 is 1.39 bits per heavy atom. The van der Waals surface area contributed by atoms with E-state index >= 15 is 0 Å². The van der Waals surface area contributed by atoms with Crippen LogP contribution in [-0.4, -0.2) is 44.8 Å². The van der Waals surface area contributed by atoms with E-state index in [1.165, 1.54) is 0 Å². The summed E-state index contributed by atoms with van der Waals surface area (Å²) in [6.45, 7) is 3.48. The zero-order valence-electron chi connectivity index (χ0n) is 11.8. The minimum absolute atomic E-state index is 0.292. The molecule has 0 bridgehead atoms. The lowest BCUT2D eigenvalue weighted by Gasteiger charge is -2.14. The lowest BCUT2D eigenvalue weighted by molar-refractivity contribution is 0.102. The first-order chi connectivity index (χ1) is 8.41. The summed E-state index contributed by atoms with van der Waals surface area (Å²) < 4.78 is 0. The van der Waals surface area contributed by atoms with Gasteiger partial charge in [0.15, 0.2) is 0 Å². The zero-order valence-corrected chi connectivity index (χ0v) is 11.8. The maximum atomic E-state index is 9.69. The highest BCUT2D eigenvalue weighted by Gasteiger charge is 2.09. The van der Waals surface area contributed by atoms with Gasteiger partial charge in [-0.1, -0.05) is 0 Å². The predicted octanol–water partition coefficient (Wildman–Crippen LogP) is 1.59. The molecule has 0 rings (SSSR count). The molecule has 0 spiro atoms. The Hall–Kier alpha value is -0.160. The van der Waals surface area contributed by atoms with Crippen molar-refractivity contribution in [2.45, 2.75) is 89.6 Å². The van der Waals surface area contributed by atoms with Gasteiger partial charge in [0.05, 0.1) is 24.4 Å². The van der Waals surface area contributed by atoms with Crippen LogP contribution in [0, 0.1) is 0 Å². The molecular formula is C14H30O4. The van der Waals surface area contributed by atoms with Gasteiger partial charge in [-0.25, -0.2) is 0 Å². The Labute approximate surface area is 111 Å². The van der Waals surface area contributed by atoms with E-state index in [0.717, 1.165) is 19.3 Å². The first kappa shape index (κ1) is 17.8. The smallest absolute Gasteiger partial charge is 0.0541 e. The molecular weight excluding hydrogens is 232 g/mol. The number of hydrogen-bond acceptors (Lipinski definition) is 4. The van der Waals surface area contributed by atoms with E-state index in [9.17, 15) is 10.2 Å². The topological polar surface area (TPSA) is 80.9 Å². The molecule has 0 radical (unpaired) electrons. The molecule has 110 valence electrons. The molecule has 0 saturated carbocycles. The van der Waals surface area contributed by atoms with Crippen molar-refractivity contribution in [2.24, 2.45) is 0 Å². The van der Waals surface area contributed by atoms with E-state index in [4.69, 9.17) is 10.2 Å². The van der Waals surface area contributed by atoms with Gasteiger partial charge in [0.25, 0.3) is 0 Å². The van der Waals surface area contributed by atoms with Gasteiger partial charge in [-0.3, -0.25) is 0 Å². The fraction of sp³-hybridized carbons (Fsp3) is 1.00. The molecule has 0 heterocycles. The summed E-state index contributed by atoms with van der Waals surface area (Å²) in [6.07, 6.45) is 4.37. The molecule has 0 aliphatic carbocycles. The second-order valence-electron chi connectivity index (χ2n) is 5.44. The first-order valence-corrected chi connectivity index (χ1v) is 7.14. The number of rotatable bonds is 11. The fourth-order valence-electron chi connectivity index (χ4n) is 1.96. The van der Waals surface area contributed by atoms with Crippen LogP contribution in [0.4, 0.5) is 0 Å². The average molecular weight is 262 g/mol. The Balaban J connectivity index is 3.40. The minimum atomic E-state index is -0.371. The van der Waals surface area contributed by atoms with Crippen LogP contribution in [0.3, 0.4) is 0 Å². The van der Waals surface area contributed by atoms with Gasteiger partial charge >= 0.3 is 0 Å². The van der Waals surface area contributed by atoms with Crippen LogP contribution in [0.5, 0.6) is 0 Å². The molecule has 0 aromatic rings. The molecule has 4 nitrogen and oxygen atoms in total. The van der Waals surface area contributed by atoms with Crippen molar-refractivity contribution in [3.8, 4) is 0 Å². The molecule has 4 unspecified atom stereocenters. The molecule has 0 saturated heterocycles. The third kappa shape index (κ3) is 12.3. The maximum absolute atomic E-state index is 9.69. The SMILES string of the molecule is CC(O)CCCC(O)CCCC(O)CCC(C)O. The highest BCUT2D eigenvalue weighted by molar-refractivity contribution is 4.62. The van der Waals surface area contributed by atoms with Gasteiger partial charge < -0.3 is 20.4 Å². The van der Waals surface area contributed by atoms with Crippen LogP contribution in [0.1, 0.15) is 65.2 Å². The van der Waals surface area contributed by atoms with Crippen LogP contribution < -0.4 is 0 Å². The molecule has 0 aliphatic heterocycles. The summed E-state index contributed by atoms with van der Waals surface area (Å²) >= 11 is 0. The largest absolute Gasteiger partial charge is 0.393 e. The van der Waals surface area contributed by atoms with E-state index in [-0.39, 0.29) is 24.4 Å². The number of aliphatic hydroxyl groups is 4. The molecule has 0 aromatic heterocycles. The van der Waals surface area contributed by atoms with E-state index in [0.29, 0.717) is 32.1 Å². The minimum Gasteiger partial charge on any atom is -0.393 e. The summed E-state index contributed by atoms with van der Waals surface area (Å²) in [4.78, 5) is 0. The van der Waals surface area contributed by atoms with Crippen LogP contribution in [0.25, 0.3) is 0 Å². The normalized spacial score (nSPS) is 18.3. The van der Waals surface area contributed by atoms with Gasteiger partial charge in [0.2, 0.25) is 0 Å². The molecule has 4 atom stereocenters. The van der Waals surface area contributed by atoms with Crippen molar-refractivity contribution < 1.29 is 20.4 Å². The van der Waals surface area contributed by atoms with Crippen molar-refractivity contribution >= 4 is 0 Å². The van der Waals surface area contributed by atoms with Gasteiger partial charge in [0.1, 0.15) is 0 Å². The number of hydrogen-bond donors (Lipinski definition) is 4. The highest BCUT2D eigenvalue weighted by atomic mass is 16.3. The van der Waals surface area contributed by atoms with Crippen LogP contribution in [0.2, 0.25) is 0 Å². The monoisotopic (exact) mass is 262 g/mol. The Bertz CT molecular complexity index is 183. The third-order valence-electron chi connectivity index (χ3n) is 3.15. The molecule has 4 N–H and O–H groups in total. The van der Waals surface area contributed by atoms with Gasteiger partial charge in [0, 0.05) is 0 Å². The first-order valence-electron chi connectivity index (χ1n) is 7.14. The summed E-state index contributed by atoms with van der Waals surface area (Å²) in [7, 11) is 0. The second kappa shape index (κ2) is 10.7.